The molecule has 0 N–H and O–H groups in total. The van der Waals surface area contributed by atoms with Crippen LogP contribution in [0.4, 0.5) is 0 Å². The van der Waals surface area contributed by atoms with Gasteiger partial charge in [-0.3, -0.25) is 14.4 Å². The standard InChI is InChI=1S/C19H19ClO6S2/c1-11(21)26-8-9-27-15-4-2-3-14(22)17(15)19(23)13-5-6-16-12(18(13)20)7-10-28(16,24)25/h5-6H,2-4,7-10H2,1H3. The van der Waals surface area contributed by atoms with Crippen molar-refractivity contribution in [2.24, 2.45) is 0 Å². The van der Waals surface area contributed by atoms with E-state index >= 15 is 0 Å². The molecule has 6 nitrogen and oxygen atoms in total. The Morgan fingerprint density at radius 1 is 1.21 bits per heavy atom. The minimum Gasteiger partial charge on any atom is -0.465 e. The predicted octanol–water partition coefficient (Wildman–Crippen LogP) is 3.16. The van der Waals surface area contributed by atoms with Crippen LogP contribution in [-0.4, -0.2) is 44.1 Å². The largest absolute Gasteiger partial charge is 0.465 e. The SMILES string of the molecule is CC(=O)OCCSC1=C(C(=O)c2ccc3c(c2Cl)CCS3(=O)=O)C(=O)CCC1. The van der Waals surface area contributed by atoms with Crippen LogP contribution in [-0.2, 0) is 30.6 Å². The Kier molecular flexibility index (Phi) is 6.31. The zero-order chi connectivity index (χ0) is 20.5. The smallest absolute Gasteiger partial charge is 0.302 e. The molecular weight excluding hydrogens is 424 g/mol. The van der Waals surface area contributed by atoms with Crippen molar-refractivity contribution in [3.63, 3.8) is 0 Å². The van der Waals surface area contributed by atoms with Gasteiger partial charge in [0.15, 0.2) is 21.4 Å². The molecule has 0 saturated heterocycles. The molecule has 0 spiro atoms. The second-order valence-electron chi connectivity index (χ2n) is 6.57. The highest BCUT2D eigenvalue weighted by molar-refractivity contribution is 8.03. The first-order chi connectivity index (χ1) is 13.2. The maximum absolute atomic E-state index is 13.1. The number of hydrogen-bond acceptors (Lipinski definition) is 7. The molecule has 0 aromatic heterocycles. The van der Waals surface area contributed by atoms with Gasteiger partial charge in [0.2, 0.25) is 0 Å². The quantitative estimate of drug-likeness (QED) is 0.289. The fourth-order valence-electron chi connectivity index (χ4n) is 3.35. The van der Waals surface area contributed by atoms with Crippen LogP contribution >= 0.6 is 23.4 Å². The summed E-state index contributed by atoms with van der Waals surface area (Å²) in [5.74, 6) is -0.689. The number of hydrogen-bond donors (Lipinski definition) is 0. The van der Waals surface area contributed by atoms with Crippen molar-refractivity contribution in [2.75, 3.05) is 18.1 Å². The molecule has 2 aliphatic rings. The molecule has 0 atom stereocenters. The van der Waals surface area contributed by atoms with E-state index in [1.165, 1.54) is 30.8 Å². The molecule has 0 saturated carbocycles. The summed E-state index contributed by atoms with van der Waals surface area (Å²) in [4.78, 5) is 37.3. The van der Waals surface area contributed by atoms with Gasteiger partial charge >= 0.3 is 5.97 Å². The maximum Gasteiger partial charge on any atom is 0.302 e. The number of carbonyl (C=O) groups is 3. The van der Waals surface area contributed by atoms with Gasteiger partial charge in [-0.2, -0.15) is 0 Å². The number of ether oxygens (including phenoxy) is 1. The molecule has 28 heavy (non-hydrogen) atoms. The van der Waals surface area contributed by atoms with E-state index in [-0.39, 0.29) is 58.0 Å². The lowest BCUT2D eigenvalue weighted by Crippen LogP contribution is -2.20. The number of sulfone groups is 1. The van der Waals surface area contributed by atoms with Crippen LogP contribution in [0.25, 0.3) is 0 Å². The average Bonchev–Trinajstić information content (AvgIpc) is 2.94. The summed E-state index contributed by atoms with van der Waals surface area (Å²) in [5, 5.41) is 0.110. The molecule has 1 aromatic rings. The first-order valence-corrected chi connectivity index (χ1v) is 11.9. The third kappa shape index (κ3) is 4.18. The molecule has 0 amide bonds. The molecule has 0 radical (unpaired) electrons. The number of benzene rings is 1. The third-order valence-corrected chi connectivity index (χ3v) is 8.01. The highest BCUT2D eigenvalue weighted by atomic mass is 35.5. The summed E-state index contributed by atoms with van der Waals surface area (Å²) < 4.78 is 29.0. The summed E-state index contributed by atoms with van der Waals surface area (Å²) in [6.07, 6.45) is 1.79. The molecule has 3 rings (SSSR count). The summed E-state index contributed by atoms with van der Waals surface area (Å²) in [6.45, 7) is 1.51. The van der Waals surface area contributed by atoms with E-state index in [1.807, 2.05) is 0 Å². The first-order valence-electron chi connectivity index (χ1n) is 8.83. The zero-order valence-corrected chi connectivity index (χ0v) is 17.6. The monoisotopic (exact) mass is 442 g/mol. The van der Waals surface area contributed by atoms with Crippen LogP contribution in [0.15, 0.2) is 27.5 Å². The molecule has 9 heteroatoms. The van der Waals surface area contributed by atoms with Crippen LogP contribution in [0.2, 0.25) is 5.02 Å². The lowest BCUT2D eigenvalue weighted by molar-refractivity contribution is -0.140. The molecule has 1 aliphatic carbocycles. The summed E-state index contributed by atoms with van der Waals surface area (Å²) in [5.41, 5.74) is 0.711. The van der Waals surface area contributed by atoms with Gasteiger partial charge in [0.1, 0.15) is 6.61 Å². The Morgan fingerprint density at radius 2 is 1.96 bits per heavy atom. The summed E-state index contributed by atoms with van der Waals surface area (Å²) in [7, 11) is -3.36. The van der Waals surface area contributed by atoms with Gasteiger partial charge in [-0.15, -0.1) is 11.8 Å². The summed E-state index contributed by atoms with van der Waals surface area (Å²) >= 11 is 7.70. The highest BCUT2D eigenvalue weighted by Gasteiger charge is 2.33. The van der Waals surface area contributed by atoms with Gasteiger partial charge in [-0.25, -0.2) is 8.42 Å². The topological polar surface area (TPSA) is 94.6 Å². The van der Waals surface area contributed by atoms with Crippen LogP contribution in [0, 0.1) is 0 Å². The lowest BCUT2D eigenvalue weighted by Gasteiger charge is -2.19. The number of fused-ring (bicyclic) bond motifs is 1. The van der Waals surface area contributed by atoms with Crippen LogP contribution in [0.3, 0.4) is 0 Å². The van der Waals surface area contributed by atoms with E-state index in [0.717, 1.165) is 0 Å². The normalized spacial score (nSPS) is 18.1. The predicted molar refractivity (Wildman–Crippen MR) is 107 cm³/mol. The van der Waals surface area contributed by atoms with E-state index in [4.69, 9.17) is 16.3 Å². The van der Waals surface area contributed by atoms with E-state index in [2.05, 4.69) is 0 Å². The molecular formula is C19H19ClO6S2. The third-order valence-electron chi connectivity index (χ3n) is 4.66. The van der Waals surface area contributed by atoms with E-state index in [1.54, 1.807) is 0 Å². The number of esters is 1. The Morgan fingerprint density at radius 3 is 2.68 bits per heavy atom. The van der Waals surface area contributed by atoms with E-state index in [9.17, 15) is 22.8 Å². The van der Waals surface area contributed by atoms with Crippen LogP contribution < -0.4 is 0 Å². The maximum atomic E-state index is 13.1. The number of thioether (sulfide) groups is 1. The van der Waals surface area contributed by atoms with E-state index in [0.29, 0.717) is 29.1 Å². The number of Topliss-reactive ketones (excluding diaryl/α,β-unsaturated/α-hetero) is 2. The van der Waals surface area contributed by atoms with Crippen LogP contribution in [0.1, 0.15) is 42.1 Å². The van der Waals surface area contributed by atoms with Crippen molar-refractivity contribution in [3.05, 3.63) is 38.8 Å². The number of ketones is 2. The van der Waals surface area contributed by atoms with Gasteiger partial charge in [-0.1, -0.05) is 11.6 Å². The minimum absolute atomic E-state index is 0.0292. The minimum atomic E-state index is -3.36. The van der Waals surface area contributed by atoms with Crippen LogP contribution in [0.5, 0.6) is 0 Å². The van der Waals surface area contributed by atoms with Crippen molar-refractivity contribution < 1.29 is 27.5 Å². The molecule has 150 valence electrons. The lowest BCUT2D eigenvalue weighted by atomic mass is 9.91. The Hall–Kier alpha value is -1.64. The van der Waals surface area contributed by atoms with Gasteiger partial charge < -0.3 is 4.74 Å². The van der Waals surface area contributed by atoms with Gasteiger partial charge in [0.05, 0.1) is 21.2 Å². The molecule has 1 heterocycles. The van der Waals surface area contributed by atoms with Crippen molar-refractivity contribution in [1.82, 2.24) is 0 Å². The number of halogens is 1. The summed E-state index contributed by atoms with van der Waals surface area (Å²) in [6, 6.07) is 2.79. The van der Waals surface area contributed by atoms with Crippen molar-refractivity contribution in [3.8, 4) is 0 Å². The number of rotatable bonds is 6. The fourth-order valence-corrected chi connectivity index (χ4v) is 6.35. The molecule has 0 bridgehead atoms. The van der Waals surface area contributed by atoms with Gasteiger partial charge in [0, 0.05) is 24.7 Å². The Balaban J connectivity index is 1.92. The van der Waals surface area contributed by atoms with Crippen molar-refractivity contribution in [1.29, 1.82) is 0 Å². The molecule has 1 aliphatic heterocycles. The zero-order valence-electron chi connectivity index (χ0n) is 15.2. The van der Waals surface area contributed by atoms with Gasteiger partial charge in [0.25, 0.3) is 0 Å². The first kappa shape index (κ1) is 21.1. The number of carbonyl (C=O) groups excluding carboxylic acids is 3. The Bertz CT molecular complexity index is 994. The highest BCUT2D eigenvalue weighted by Crippen LogP contribution is 2.38. The Labute approximate surface area is 172 Å². The van der Waals surface area contributed by atoms with Gasteiger partial charge in [-0.05, 0) is 41.9 Å². The second-order valence-corrected chi connectivity index (χ2v) is 10.2. The average molecular weight is 443 g/mol. The van der Waals surface area contributed by atoms with Crippen molar-refractivity contribution in [2.45, 2.75) is 37.5 Å². The second kappa shape index (κ2) is 8.39. The molecule has 1 aromatic carbocycles. The number of allylic oxidation sites excluding steroid dienone is 2. The van der Waals surface area contributed by atoms with Crippen molar-refractivity contribution >= 4 is 50.7 Å². The fraction of sp³-hybridized carbons (Fsp3) is 0.421. The molecule has 0 unspecified atom stereocenters. The van der Waals surface area contributed by atoms with E-state index < -0.39 is 15.6 Å². The molecule has 0 fully saturated rings.